The van der Waals surface area contributed by atoms with Crippen molar-refractivity contribution in [3.8, 4) is 11.5 Å². The summed E-state index contributed by atoms with van der Waals surface area (Å²) < 4.78 is 15.4. The number of rotatable bonds is 6. The van der Waals surface area contributed by atoms with E-state index in [9.17, 15) is 4.79 Å². The third-order valence-corrected chi connectivity index (χ3v) is 3.16. The van der Waals surface area contributed by atoms with Gasteiger partial charge in [-0.15, -0.1) is 0 Å². The van der Waals surface area contributed by atoms with Crippen molar-refractivity contribution in [3.63, 3.8) is 0 Å². The van der Waals surface area contributed by atoms with Crippen LogP contribution in [0.5, 0.6) is 11.5 Å². The van der Waals surface area contributed by atoms with Crippen LogP contribution >= 0.6 is 0 Å². The predicted octanol–water partition coefficient (Wildman–Crippen LogP) is 2.50. The van der Waals surface area contributed by atoms with E-state index in [1.54, 1.807) is 32.5 Å². The van der Waals surface area contributed by atoms with Gasteiger partial charge in [-0.3, -0.25) is 0 Å². The molecule has 1 aromatic carbocycles. The van der Waals surface area contributed by atoms with Crippen LogP contribution in [0.25, 0.3) is 0 Å². The number of hydrogen-bond acceptors (Lipinski definition) is 6. The molecule has 22 heavy (non-hydrogen) atoms. The maximum atomic E-state index is 11.5. The van der Waals surface area contributed by atoms with Crippen molar-refractivity contribution in [2.75, 3.05) is 26.6 Å². The molecule has 0 amide bonds. The first-order valence-corrected chi connectivity index (χ1v) is 6.67. The molecule has 0 bridgehead atoms. The Morgan fingerprint density at radius 1 is 1.14 bits per heavy atom. The van der Waals surface area contributed by atoms with Gasteiger partial charge in [0.1, 0.15) is 17.3 Å². The Labute approximate surface area is 129 Å². The van der Waals surface area contributed by atoms with Crippen molar-refractivity contribution < 1.29 is 19.0 Å². The predicted molar refractivity (Wildman–Crippen MR) is 82.4 cm³/mol. The van der Waals surface area contributed by atoms with E-state index in [-0.39, 0.29) is 0 Å². The molecule has 0 spiro atoms. The molecule has 0 unspecified atom stereocenters. The number of ether oxygens (including phenoxy) is 3. The lowest BCUT2D eigenvalue weighted by Gasteiger charge is -2.14. The number of methoxy groups -OCH3 is 3. The maximum Gasteiger partial charge on any atom is 0.338 e. The Kier molecular flexibility index (Phi) is 5.19. The minimum absolute atomic E-state index is 0.402. The highest BCUT2D eigenvalue weighted by molar-refractivity contribution is 5.89. The quantitative estimate of drug-likeness (QED) is 0.827. The van der Waals surface area contributed by atoms with Crippen LogP contribution in [0, 0.1) is 0 Å². The number of esters is 1. The van der Waals surface area contributed by atoms with Crippen LogP contribution in [-0.2, 0) is 11.3 Å². The van der Waals surface area contributed by atoms with Gasteiger partial charge in [-0.25, -0.2) is 9.78 Å². The Morgan fingerprint density at radius 3 is 2.41 bits per heavy atom. The molecule has 0 aliphatic rings. The van der Waals surface area contributed by atoms with Crippen molar-refractivity contribution in [1.29, 1.82) is 0 Å². The molecule has 0 atom stereocenters. The van der Waals surface area contributed by atoms with E-state index in [1.165, 1.54) is 7.11 Å². The van der Waals surface area contributed by atoms with Gasteiger partial charge in [0.2, 0.25) is 0 Å². The smallest absolute Gasteiger partial charge is 0.338 e. The van der Waals surface area contributed by atoms with Gasteiger partial charge in [-0.05, 0) is 24.3 Å². The van der Waals surface area contributed by atoms with E-state index in [4.69, 9.17) is 14.2 Å². The van der Waals surface area contributed by atoms with Crippen LogP contribution in [-0.4, -0.2) is 32.3 Å². The van der Waals surface area contributed by atoms with Gasteiger partial charge in [0.05, 0.1) is 32.5 Å². The van der Waals surface area contributed by atoms with Crippen LogP contribution in [0.15, 0.2) is 36.5 Å². The van der Waals surface area contributed by atoms with Crippen LogP contribution in [0.1, 0.15) is 15.9 Å². The molecule has 1 aromatic heterocycles. The minimum Gasteiger partial charge on any atom is -0.496 e. The molecule has 6 heteroatoms. The maximum absolute atomic E-state index is 11.5. The largest absolute Gasteiger partial charge is 0.496 e. The van der Waals surface area contributed by atoms with E-state index in [0.717, 1.165) is 17.1 Å². The van der Waals surface area contributed by atoms with Gasteiger partial charge < -0.3 is 19.5 Å². The summed E-state index contributed by atoms with van der Waals surface area (Å²) in [5.41, 5.74) is 1.31. The fourth-order valence-electron chi connectivity index (χ4n) is 2.05. The van der Waals surface area contributed by atoms with Gasteiger partial charge >= 0.3 is 5.97 Å². The zero-order chi connectivity index (χ0) is 15.9. The number of carbonyl (C=O) groups excluding carboxylic acids is 1. The first kappa shape index (κ1) is 15.6. The SMILES string of the molecule is COC(=O)c1ccnc(NCc2c(OC)cccc2OC)c1. The summed E-state index contributed by atoms with van der Waals surface area (Å²) in [5.74, 6) is 1.60. The molecule has 0 aliphatic carbocycles. The van der Waals surface area contributed by atoms with Crippen molar-refractivity contribution in [3.05, 3.63) is 47.7 Å². The average Bonchev–Trinajstić information content (AvgIpc) is 2.58. The topological polar surface area (TPSA) is 69.7 Å². The summed E-state index contributed by atoms with van der Waals surface area (Å²) >= 11 is 0. The molecule has 0 fully saturated rings. The molecule has 1 heterocycles. The van der Waals surface area contributed by atoms with Gasteiger partial charge in [0.25, 0.3) is 0 Å². The normalized spacial score (nSPS) is 9.95. The zero-order valence-corrected chi connectivity index (χ0v) is 12.8. The molecule has 0 aliphatic heterocycles. The summed E-state index contributed by atoms with van der Waals surface area (Å²) in [6, 6.07) is 8.81. The molecule has 2 aromatic rings. The average molecular weight is 302 g/mol. The second kappa shape index (κ2) is 7.31. The van der Waals surface area contributed by atoms with Gasteiger partial charge in [-0.1, -0.05) is 6.07 Å². The summed E-state index contributed by atoms with van der Waals surface area (Å²) in [4.78, 5) is 15.7. The Balaban J connectivity index is 2.18. The first-order valence-electron chi connectivity index (χ1n) is 6.67. The number of nitrogens with one attached hydrogen (secondary N) is 1. The van der Waals surface area contributed by atoms with E-state index in [2.05, 4.69) is 10.3 Å². The Hall–Kier alpha value is -2.76. The van der Waals surface area contributed by atoms with Crippen molar-refractivity contribution in [1.82, 2.24) is 4.98 Å². The Morgan fingerprint density at radius 2 is 1.82 bits per heavy atom. The summed E-state index contributed by atoms with van der Waals surface area (Å²) in [6.07, 6.45) is 1.55. The lowest BCUT2D eigenvalue weighted by molar-refractivity contribution is 0.0600. The van der Waals surface area contributed by atoms with Gasteiger partial charge in [0.15, 0.2) is 0 Å². The fourth-order valence-corrected chi connectivity index (χ4v) is 2.05. The number of nitrogens with zero attached hydrogens (tertiary/aromatic N) is 1. The van der Waals surface area contributed by atoms with Crippen LogP contribution in [0.3, 0.4) is 0 Å². The lowest BCUT2D eigenvalue weighted by atomic mass is 10.1. The van der Waals surface area contributed by atoms with Crippen molar-refractivity contribution in [2.45, 2.75) is 6.54 Å². The highest BCUT2D eigenvalue weighted by atomic mass is 16.5. The molecule has 2 rings (SSSR count). The van der Waals surface area contributed by atoms with Crippen molar-refractivity contribution >= 4 is 11.8 Å². The molecule has 0 saturated heterocycles. The molecular weight excluding hydrogens is 284 g/mol. The third-order valence-electron chi connectivity index (χ3n) is 3.16. The second-order valence-corrected chi connectivity index (χ2v) is 4.42. The third kappa shape index (κ3) is 3.46. The van der Waals surface area contributed by atoms with E-state index < -0.39 is 5.97 Å². The second-order valence-electron chi connectivity index (χ2n) is 4.42. The monoisotopic (exact) mass is 302 g/mol. The van der Waals surface area contributed by atoms with E-state index in [1.807, 2.05) is 18.2 Å². The Bertz CT molecular complexity index is 636. The number of hydrogen-bond donors (Lipinski definition) is 1. The standard InChI is InChI=1S/C16H18N2O4/c1-20-13-5-4-6-14(21-2)12(13)10-18-15-9-11(7-8-17-15)16(19)22-3/h4-9H,10H2,1-3H3,(H,17,18). The van der Waals surface area contributed by atoms with E-state index >= 15 is 0 Å². The molecule has 116 valence electrons. The molecule has 0 saturated carbocycles. The first-order chi connectivity index (χ1) is 10.7. The minimum atomic E-state index is -0.402. The fraction of sp³-hybridized carbons (Fsp3) is 0.250. The molecular formula is C16H18N2O4. The van der Waals surface area contributed by atoms with Crippen molar-refractivity contribution in [2.24, 2.45) is 0 Å². The zero-order valence-electron chi connectivity index (χ0n) is 12.8. The van der Waals surface area contributed by atoms with Crippen LogP contribution in [0.4, 0.5) is 5.82 Å². The van der Waals surface area contributed by atoms with Gasteiger partial charge in [-0.2, -0.15) is 0 Å². The molecule has 0 radical (unpaired) electrons. The summed E-state index contributed by atoms with van der Waals surface area (Å²) in [6.45, 7) is 0.449. The number of aromatic nitrogens is 1. The van der Waals surface area contributed by atoms with E-state index in [0.29, 0.717) is 17.9 Å². The number of anilines is 1. The van der Waals surface area contributed by atoms with Crippen LogP contribution in [0.2, 0.25) is 0 Å². The molecule has 1 N–H and O–H groups in total. The highest BCUT2D eigenvalue weighted by Gasteiger charge is 2.11. The van der Waals surface area contributed by atoms with Crippen LogP contribution < -0.4 is 14.8 Å². The lowest BCUT2D eigenvalue weighted by Crippen LogP contribution is -2.07. The molecule has 6 nitrogen and oxygen atoms in total. The van der Waals surface area contributed by atoms with Gasteiger partial charge in [0, 0.05) is 12.7 Å². The summed E-state index contributed by atoms with van der Waals surface area (Å²) in [5, 5.41) is 3.15. The number of pyridine rings is 1. The highest BCUT2D eigenvalue weighted by Crippen LogP contribution is 2.28. The number of benzene rings is 1. The summed E-state index contributed by atoms with van der Waals surface area (Å²) in [7, 11) is 4.55. The number of carbonyl (C=O) groups is 1.